The van der Waals surface area contributed by atoms with Crippen LogP contribution in [0.25, 0.3) is 11.0 Å². The molecule has 1 atom stereocenters. The Bertz CT molecular complexity index is 704. The summed E-state index contributed by atoms with van der Waals surface area (Å²) in [4.78, 5) is 9.84. The molecule has 0 fully saturated rings. The molecule has 3 rings (SSSR count). The van der Waals surface area contributed by atoms with Gasteiger partial charge in [0, 0.05) is 11.1 Å². The zero-order chi connectivity index (χ0) is 13.4. The summed E-state index contributed by atoms with van der Waals surface area (Å²) in [6, 6.07) is 5.78. The SMILES string of the molecule is CC(Cl)c1nc2c(Cl)cccc2n1Cc1cncs1. The maximum Gasteiger partial charge on any atom is 0.128 e. The number of fused-ring (bicyclic) bond motifs is 1. The van der Waals surface area contributed by atoms with Gasteiger partial charge in [0.2, 0.25) is 0 Å². The van der Waals surface area contributed by atoms with Crippen LogP contribution >= 0.6 is 34.5 Å². The highest BCUT2D eigenvalue weighted by molar-refractivity contribution is 7.09. The fourth-order valence-electron chi connectivity index (χ4n) is 2.08. The van der Waals surface area contributed by atoms with Crippen molar-refractivity contribution in [3.8, 4) is 0 Å². The van der Waals surface area contributed by atoms with E-state index in [4.69, 9.17) is 23.2 Å². The molecule has 0 bridgehead atoms. The Hall–Kier alpha value is -1.10. The molecule has 0 amide bonds. The minimum atomic E-state index is -0.170. The summed E-state index contributed by atoms with van der Waals surface area (Å²) in [6.45, 7) is 2.63. The van der Waals surface area contributed by atoms with Gasteiger partial charge in [-0.3, -0.25) is 4.98 Å². The number of thiazole rings is 1. The maximum atomic E-state index is 6.23. The number of hydrogen-bond donors (Lipinski definition) is 0. The van der Waals surface area contributed by atoms with Gasteiger partial charge < -0.3 is 4.57 Å². The summed E-state index contributed by atoms with van der Waals surface area (Å²) in [7, 11) is 0. The van der Waals surface area contributed by atoms with Crippen LogP contribution in [0, 0.1) is 0 Å². The van der Waals surface area contributed by atoms with E-state index in [0.29, 0.717) is 11.6 Å². The Labute approximate surface area is 124 Å². The highest BCUT2D eigenvalue weighted by atomic mass is 35.5. The van der Waals surface area contributed by atoms with E-state index >= 15 is 0 Å². The highest BCUT2D eigenvalue weighted by Gasteiger charge is 2.17. The largest absolute Gasteiger partial charge is 0.321 e. The van der Waals surface area contributed by atoms with Crippen molar-refractivity contribution in [3.05, 3.63) is 45.6 Å². The number of alkyl halides is 1. The quantitative estimate of drug-likeness (QED) is 0.667. The number of imidazole rings is 1. The molecular weight excluding hydrogens is 301 g/mol. The van der Waals surface area contributed by atoms with Gasteiger partial charge in [-0.15, -0.1) is 22.9 Å². The molecule has 2 aromatic heterocycles. The fourth-order valence-corrected chi connectivity index (χ4v) is 3.04. The first-order valence-electron chi connectivity index (χ1n) is 5.83. The Morgan fingerprint density at radius 3 is 2.95 bits per heavy atom. The monoisotopic (exact) mass is 311 g/mol. The third kappa shape index (κ3) is 2.36. The lowest BCUT2D eigenvalue weighted by Crippen LogP contribution is -2.04. The molecule has 0 radical (unpaired) electrons. The summed E-state index contributed by atoms with van der Waals surface area (Å²) < 4.78 is 2.10. The van der Waals surface area contributed by atoms with Gasteiger partial charge in [-0.1, -0.05) is 17.7 Å². The second-order valence-electron chi connectivity index (χ2n) is 4.25. The molecule has 0 aliphatic heterocycles. The molecule has 0 saturated heterocycles. The summed E-state index contributed by atoms with van der Waals surface area (Å²) >= 11 is 14.1. The molecule has 98 valence electrons. The summed E-state index contributed by atoms with van der Waals surface area (Å²) in [6.07, 6.45) is 1.86. The standard InChI is InChI=1S/C13H11Cl2N3S/c1-8(14)13-17-12-10(15)3-2-4-11(12)18(13)6-9-5-16-7-19-9/h2-5,7-8H,6H2,1H3. The maximum absolute atomic E-state index is 6.23. The van der Waals surface area contributed by atoms with E-state index in [1.807, 2.05) is 36.8 Å². The Kier molecular flexibility index (Phi) is 3.48. The van der Waals surface area contributed by atoms with E-state index in [0.717, 1.165) is 21.7 Å². The lowest BCUT2D eigenvalue weighted by atomic mass is 10.3. The van der Waals surface area contributed by atoms with Crippen molar-refractivity contribution in [1.29, 1.82) is 0 Å². The highest BCUT2D eigenvalue weighted by Crippen LogP contribution is 2.29. The van der Waals surface area contributed by atoms with Gasteiger partial charge >= 0.3 is 0 Å². The zero-order valence-corrected chi connectivity index (χ0v) is 12.5. The number of hydrogen-bond acceptors (Lipinski definition) is 3. The van der Waals surface area contributed by atoms with Gasteiger partial charge in [-0.05, 0) is 19.1 Å². The van der Waals surface area contributed by atoms with Crippen LogP contribution in [-0.2, 0) is 6.54 Å². The number of benzene rings is 1. The predicted octanol–water partition coefficient (Wildman–Crippen LogP) is 4.49. The molecule has 19 heavy (non-hydrogen) atoms. The molecule has 0 saturated carbocycles. The van der Waals surface area contributed by atoms with Crippen molar-refractivity contribution < 1.29 is 0 Å². The fraction of sp³-hybridized carbons (Fsp3) is 0.231. The summed E-state index contributed by atoms with van der Waals surface area (Å²) in [5.41, 5.74) is 3.63. The number of para-hydroxylation sites is 1. The van der Waals surface area contributed by atoms with Crippen molar-refractivity contribution in [3.63, 3.8) is 0 Å². The van der Waals surface area contributed by atoms with Crippen LogP contribution in [0.4, 0.5) is 0 Å². The van der Waals surface area contributed by atoms with Crippen molar-refractivity contribution in [2.24, 2.45) is 0 Å². The molecule has 0 N–H and O–H groups in total. The van der Waals surface area contributed by atoms with Crippen LogP contribution in [-0.4, -0.2) is 14.5 Å². The number of nitrogens with zero attached hydrogens (tertiary/aromatic N) is 3. The lowest BCUT2D eigenvalue weighted by molar-refractivity contribution is 0.749. The van der Waals surface area contributed by atoms with E-state index in [2.05, 4.69) is 14.5 Å². The van der Waals surface area contributed by atoms with Crippen molar-refractivity contribution in [2.45, 2.75) is 18.8 Å². The number of aromatic nitrogens is 3. The molecule has 3 aromatic rings. The lowest BCUT2D eigenvalue weighted by Gasteiger charge is -2.08. The molecule has 0 aliphatic rings. The Morgan fingerprint density at radius 1 is 1.42 bits per heavy atom. The van der Waals surface area contributed by atoms with E-state index in [9.17, 15) is 0 Å². The topological polar surface area (TPSA) is 30.7 Å². The molecule has 0 aliphatic carbocycles. The molecule has 6 heteroatoms. The van der Waals surface area contributed by atoms with Gasteiger partial charge in [0.15, 0.2) is 0 Å². The van der Waals surface area contributed by atoms with Gasteiger partial charge in [0.05, 0.1) is 28.0 Å². The number of rotatable bonds is 3. The van der Waals surface area contributed by atoms with Gasteiger partial charge in [0.1, 0.15) is 11.3 Å². The predicted molar refractivity (Wildman–Crippen MR) is 80.2 cm³/mol. The third-order valence-corrected chi connectivity index (χ3v) is 4.18. The number of halogens is 2. The minimum Gasteiger partial charge on any atom is -0.321 e. The first-order chi connectivity index (χ1) is 9.16. The summed E-state index contributed by atoms with van der Waals surface area (Å²) in [5, 5.41) is 0.482. The van der Waals surface area contributed by atoms with Crippen LogP contribution in [0.15, 0.2) is 29.9 Å². The van der Waals surface area contributed by atoms with Crippen molar-refractivity contribution >= 4 is 45.6 Å². The van der Waals surface area contributed by atoms with Crippen LogP contribution in [0.3, 0.4) is 0 Å². The minimum absolute atomic E-state index is 0.170. The molecule has 3 nitrogen and oxygen atoms in total. The summed E-state index contributed by atoms with van der Waals surface area (Å²) in [5.74, 6) is 0.832. The van der Waals surface area contributed by atoms with Crippen molar-refractivity contribution in [2.75, 3.05) is 0 Å². The van der Waals surface area contributed by atoms with E-state index < -0.39 is 0 Å². The van der Waals surface area contributed by atoms with Crippen molar-refractivity contribution in [1.82, 2.24) is 14.5 Å². The van der Waals surface area contributed by atoms with Crippen LogP contribution in [0.1, 0.15) is 23.0 Å². The van der Waals surface area contributed by atoms with E-state index in [-0.39, 0.29) is 5.38 Å². The zero-order valence-electron chi connectivity index (χ0n) is 10.2. The van der Waals surface area contributed by atoms with Crippen LogP contribution < -0.4 is 0 Å². The molecule has 0 spiro atoms. The van der Waals surface area contributed by atoms with Gasteiger partial charge in [0.25, 0.3) is 0 Å². The first-order valence-corrected chi connectivity index (χ1v) is 7.52. The van der Waals surface area contributed by atoms with E-state index in [1.165, 1.54) is 0 Å². The molecular formula is C13H11Cl2N3S. The van der Waals surface area contributed by atoms with Crippen LogP contribution in [0.5, 0.6) is 0 Å². The smallest absolute Gasteiger partial charge is 0.128 e. The third-order valence-electron chi connectivity index (χ3n) is 2.91. The average Bonchev–Trinajstić information content (AvgIpc) is 2.99. The Balaban J connectivity index is 2.19. The average molecular weight is 312 g/mol. The normalized spacial score (nSPS) is 13.0. The second kappa shape index (κ2) is 5.12. The van der Waals surface area contributed by atoms with Gasteiger partial charge in [-0.2, -0.15) is 0 Å². The molecule has 1 aromatic carbocycles. The molecule has 1 unspecified atom stereocenters. The van der Waals surface area contributed by atoms with E-state index in [1.54, 1.807) is 11.3 Å². The second-order valence-corrected chi connectivity index (χ2v) is 6.28. The van der Waals surface area contributed by atoms with Gasteiger partial charge in [-0.25, -0.2) is 4.98 Å². The Morgan fingerprint density at radius 2 is 2.26 bits per heavy atom. The molecule has 2 heterocycles. The first kappa shape index (κ1) is 12.9. The van der Waals surface area contributed by atoms with Crippen LogP contribution in [0.2, 0.25) is 5.02 Å².